The molecule has 1 saturated carbocycles. The second-order valence-corrected chi connectivity index (χ2v) is 6.60. The first kappa shape index (κ1) is 18.0. The third-order valence-electron chi connectivity index (χ3n) is 4.96. The largest absolute Gasteiger partial charge is 0.381 e. The Morgan fingerprint density at radius 1 is 1.12 bits per heavy atom. The van der Waals surface area contributed by atoms with Gasteiger partial charge in [-0.25, -0.2) is 0 Å². The summed E-state index contributed by atoms with van der Waals surface area (Å²) in [6.07, 6.45) is 5.55. The van der Waals surface area contributed by atoms with Crippen molar-refractivity contribution >= 4 is 17.5 Å². The fourth-order valence-electron chi connectivity index (χ4n) is 3.11. The lowest BCUT2D eigenvalue weighted by atomic mass is 9.93. The number of hydrogen-bond donors (Lipinski definition) is 3. The molecule has 0 radical (unpaired) electrons. The summed E-state index contributed by atoms with van der Waals surface area (Å²) in [6, 6.07) is 5.61. The van der Waals surface area contributed by atoms with Crippen molar-refractivity contribution in [1.29, 1.82) is 0 Å². The SMILES string of the molecule is CNC(=O)c1cc(NCc2cnn(C3CCC3)c2C)cc(C(=O)NC)c1. The van der Waals surface area contributed by atoms with Crippen LogP contribution in [-0.2, 0) is 6.54 Å². The second-order valence-electron chi connectivity index (χ2n) is 6.60. The summed E-state index contributed by atoms with van der Waals surface area (Å²) >= 11 is 0. The van der Waals surface area contributed by atoms with Crippen molar-refractivity contribution < 1.29 is 9.59 Å². The molecule has 2 amide bonds. The van der Waals surface area contributed by atoms with Gasteiger partial charge in [0, 0.05) is 48.7 Å². The van der Waals surface area contributed by atoms with Crippen LogP contribution in [0, 0.1) is 6.92 Å². The lowest BCUT2D eigenvalue weighted by Gasteiger charge is -2.27. The first-order valence-corrected chi connectivity index (χ1v) is 8.89. The molecular formula is C19H25N5O2. The van der Waals surface area contributed by atoms with Gasteiger partial charge in [0.05, 0.1) is 12.2 Å². The van der Waals surface area contributed by atoms with Crippen molar-refractivity contribution in [3.63, 3.8) is 0 Å². The number of anilines is 1. The van der Waals surface area contributed by atoms with Crippen LogP contribution in [0.15, 0.2) is 24.4 Å². The standard InChI is InChI=1S/C19H25N5O2/c1-12-15(11-23-24(12)17-5-4-6-17)10-22-16-8-13(18(25)20-2)7-14(9-16)19(26)21-3/h7-9,11,17,22H,4-6,10H2,1-3H3,(H,20,25)(H,21,26). The monoisotopic (exact) mass is 355 g/mol. The molecule has 1 aromatic heterocycles. The first-order valence-electron chi connectivity index (χ1n) is 8.89. The highest BCUT2D eigenvalue weighted by Crippen LogP contribution is 2.32. The van der Waals surface area contributed by atoms with Crippen LogP contribution >= 0.6 is 0 Å². The van der Waals surface area contributed by atoms with E-state index in [0.29, 0.717) is 23.7 Å². The zero-order valence-electron chi connectivity index (χ0n) is 15.4. The van der Waals surface area contributed by atoms with Crippen molar-refractivity contribution in [3.8, 4) is 0 Å². The maximum absolute atomic E-state index is 12.0. The lowest BCUT2D eigenvalue weighted by molar-refractivity contribution is 0.0962. The summed E-state index contributed by atoms with van der Waals surface area (Å²) in [6.45, 7) is 2.67. The number of benzene rings is 1. The van der Waals surface area contributed by atoms with E-state index in [1.54, 1.807) is 32.3 Å². The Bertz CT molecular complexity index is 789. The molecule has 0 saturated heterocycles. The van der Waals surface area contributed by atoms with Crippen LogP contribution in [0.3, 0.4) is 0 Å². The molecule has 2 aromatic rings. The van der Waals surface area contributed by atoms with Gasteiger partial charge in [-0.2, -0.15) is 5.10 Å². The zero-order chi connectivity index (χ0) is 18.7. The van der Waals surface area contributed by atoms with E-state index in [4.69, 9.17) is 0 Å². The van der Waals surface area contributed by atoms with Gasteiger partial charge in [-0.3, -0.25) is 14.3 Å². The molecular weight excluding hydrogens is 330 g/mol. The quantitative estimate of drug-likeness (QED) is 0.742. The van der Waals surface area contributed by atoms with E-state index < -0.39 is 0 Å². The second kappa shape index (κ2) is 7.59. The van der Waals surface area contributed by atoms with Gasteiger partial charge in [0.15, 0.2) is 0 Å². The van der Waals surface area contributed by atoms with E-state index in [9.17, 15) is 9.59 Å². The van der Waals surface area contributed by atoms with E-state index in [-0.39, 0.29) is 11.8 Å². The number of nitrogens with one attached hydrogen (secondary N) is 3. The predicted molar refractivity (Wildman–Crippen MR) is 100 cm³/mol. The van der Waals surface area contributed by atoms with E-state index in [0.717, 1.165) is 16.9 Å². The molecule has 0 unspecified atom stereocenters. The summed E-state index contributed by atoms with van der Waals surface area (Å²) in [4.78, 5) is 24.0. The third kappa shape index (κ3) is 3.56. The Labute approximate surface area is 153 Å². The number of carbonyl (C=O) groups excluding carboxylic acids is 2. The normalized spacial score (nSPS) is 13.8. The van der Waals surface area contributed by atoms with Gasteiger partial charge in [0.2, 0.25) is 0 Å². The van der Waals surface area contributed by atoms with Crippen molar-refractivity contribution in [2.45, 2.75) is 38.8 Å². The topological polar surface area (TPSA) is 88.1 Å². The average molecular weight is 355 g/mol. The molecule has 138 valence electrons. The zero-order valence-corrected chi connectivity index (χ0v) is 15.4. The minimum atomic E-state index is -0.229. The fraction of sp³-hybridized carbons (Fsp3) is 0.421. The summed E-state index contributed by atoms with van der Waals surface area (Å²) < 4.78 is 2.11. The molecule has 0 aliphatic heterocycles. The Morgan fingerprint density at radius 2 is 1.73 bits per heavy atom. The minimum Gasteiger partial charge on any atom is -0.381 e. The maximum Gasteiger partial charge on any atom is 0.251 e. The molecule has 0 atom stereocenters. The van der Waals surface area contributed by atoms with Gasteiger partial charge in [0.25, 0.3) is 11.8 Å². The minimum absolute atomic E-state index is 0.229. The number of nitrogens with zero attached hydrogens (tertiary/aromatic N) is 2. The van der Waals surface area contributed by atoms with E-state index in [1.807, 2.05) is 6.20 Å². The summed E-state index contributed by atoms with van der Waals surface area (Å²) in [5, 5.41) is 13.0. The van der Waals surface area contributed by atoms with E-state index in [2.05, 4.69) is 32.7 Å². The molecule has 26 heavy (non-hydrogen) atoms. The predicted octanol–water partition coefficient (Wildman–Crippen LogP) is 2.25. The number of rotatable bonds is 6. The molecule has 1 heterocycles. The smallest absolute Gasteiger partial charge is 0.251 e. The first-order chi connectivity index (χ1) is 12.5. The molecule has 3 rings (SSSR count). The number of aromatic nitrogens is 2. The highest BCUT2D eigenvalue weighted by atomic mass is 16.2. The van der Waals surface area contributed by atoms with Gasteiger partial charge in [-0.05, 0) is 44.4 Å². The van der Waals surface area contributed by atoms with Gasteiger partial charge in [-0.1, -0.05) is 0 Å². The fourth-order valence-corrected chi connectivity index (χ4v) is 3.11. The highest BCUT2D eigenvalue weighted by Gasteiger charge is 2.22. The number of carbonyl (C=O) groups is 2. The summed E-state index contributed by atoms with van der Waals surface area (Å²) in [7, 11) is 3.14. The van der Waals surface area contributed by atoms with E-state index >= 15 is 0 Å². The van der Waals surface area contributed by atoms with Crippen LogP contribution in [0.2, 0.25) is 0 Å². The molecule has 0 bridgehead atoms. The molecule has 1 aliphatic rings. The van der Waals surface area contributed by atoms with Crippen molar-refractivity contribution in [2.24, 2.45) is 0 Å². The molecule has 7 heteroatoms. The molecule has 7 nitrogen and oxygen atoms in total. The Balaban J connectivity index is 1.79. The van der Waals surface area contributed by atoms with Crippen molar-refractivity contribution in [1.82, 2.24) is 20.4 Å². The van der Waals surface area contributed by atoms with Gasteiger partial charge in [-0.15, -0.1) is 0 Å². The van der Waals surface area contributed by atoms with Gasteiger partial charge in [0.1, 0.15) is 0 Å². The van der Waals surface area contributed by atoms with Crippen LogP contribution in [0.5, 0.6) is 0 Å². The Morgan fingerprint density at radius 3 is 2.23 bits per heavy atom. The molecule has 1 fully saturated rings. The maximum atomic E-state index is 12.0. The highest BCUT2D eigenvalue weighted by molar-refractivity contribution is 6.00. The number of amides is 2. The Kier molecular flexibility index (Phi) is 5.25. The van der Waals surface area contributed by atoms with E-state index in [1.165, 1.54) is 19.3 Å². The molecule has 1 aliphatic carbocycles. The number of hydrogen-bond acceptors (Lipinski definition) is 4. The molecule has 1 aromatic carbocycles. The molecule has 3 N–H and O–H groups in total. The lowest BCUT2D eigenvalue weighted by Crippen LogP contribution is -2.21. The van der Waals surface area contributed by atoms with Crippen LogP contribution in [-0.4, -0.2) is 35.7 Å². The summed E-state index contributed by atoms with van der Waals surface area (Å²) in [5.74, 6) is -0.458. The van der Waals surface area contributed by atoms with Crippen LogP contribution < -0.4 is 16.0 Å². The van der Waals surface area contributed by atoms with Gasteiger partial charge >= 0.3 is 0 Å². The molecule has 0 spiro atoms. The third-order valence-corrected chi connectivity index (χ3v) is 4.96. The van der Waals surface area contributed by atoms with Crippen LogP contribution in [0.25, 0.3) is 0 Å². The van der Waals surface area contributed by atoms with Gasteiger partial charge < -0.3 is 16.0 Å². The van der Waals surface area contributed by atoms with Crippen molar-refractivity contribution in [2.75, 3.05) is 19.4 Å². The van der Waals surface area contributed by atoms with Crippen LogP contribution in [0.1, 0.15) is 57.3 Å². The van der Waals surface area contributed by atoms with Crippen molar-refractivity contribution in [3.05, 3.63) is 46.8 Å². The van der Waals surface area contributed by atoms with Crippen LogP contribution in [0.4, 0.5) is 5.69 Å². The Hall–Kier alpha value is -2.83. The summed E-state index contributed by atoms with van der Waals surface area (Å²) in [5.41, 5.74) is 3.89. The average Bonchev–Trinajstić information content (AvgIpc) is 2.97.